The van der Waals surface area contributed by atoms with Crippen LogP contribution in [0.5, 0.6) is 5.75 Å². The number of guanidine groups is 1. The number of amides is 1. The van der Waals surface area contributed by atoms with Crippen LogP contribution in [-0.2, 0) is 6.42 Å². The number of aliphatic imine (C=N–C) groups is 1. The van der Waals surface area contributed by atoms with Crippen molar-refractivity contribution in [2.75, 3.05) is 18.5 Å². The van der Waals surface area contributed by atoms with Gasteiger partial charge in [0.1, 0.15) is 11.6 Å². The Labute approximate surface area is 191 Å². The first-order valence-corrected chi connectivity index (χ1v) is 10.8. The lowest BCUT2D eigenvalue weighted by atomic mass is 10.1. The number of hydrogen-bond donors (Lipinski definition) is 3. The van der Waals surface area contributed by atoms with Crippen molar-refractivity contribution >= 4 is 28.5 Å². The Morgan fingerprint density at radius 3 is 2.67 bits per heavy atom. The smallest absolute Gasteiger partial charge is 0.257 e. The molecule has 0 saturated carbocycles. The Bertz CT molecular complexity index is 1260. The molecule has 168 valence electrons. The summed E-state index contributed by atoms with van der Waals surface area (Å²) in [5, 5.41) is 6.96. The number of carbonyl (C=O) groups excluding carboxylic acids is 1. The summed E-state index contributed by atoms with van der Waals surface area (Å²) in [6.07, 6.45) is 2.65. The Morgan fingerprint density at radius 1 is 1.06 bits per heavy atom. The van der Waals surface area contributed by atoms with Crippen molar-refractivity contribution in [2.24, 2.45) is 4.99 Å². The van der Waals surface area contributed by atoms with Gasteiger partial charge in [-0.1, -0.05) is 24.3 Å². The second-order valence-electron chi connectivity index (χ2n) is 7.39. The molecular weight excluding hydrogens is 419 g/mol. The van der Waals surface area contributed by atoms with Crippen LogP contribution in [0.4, 0.5) is 10.1 Å². The molecule has 1 heterocycles. The summed E-state index contributed by atoms with van der Waals surface area (Å²) in [5.74, 6) is 0.239. The molecule has 7 heteroatoms. The summed E-state index contributed by atoms with van der Waals surface area (Å²) >= 11 is 0. The monoisotopic (exact) mass is 444 g/mol. The lowest BCUT2D eigenvalue weighted by Crippen LogP contribution is -2.36. The fourth-order valence-electron chi connectivity index (χ4n) is 3.49. The third-order valence-corrected chi connectivity index (χ3v) is 5.07. The number of carbonyl (C=O) groups is 1. The van der Waals surface area contributed by atoms with Crippen LogP contribution in [0, 0.1) is 5.82 Å². The molecule has 0 aliphatic carbocycles. The second-order valence-corrected chi connectivity index (χ2v) is 7.39. The Morgan fingerprint density at radius 2 is 1.88 bits per heavy atom. The van der Waals surface area contributed by atoms with Gasteiger partial charge in [0, 0.05) is 34.9 Å². The van der Waals surface area contributed by atoms with Gasteiger partial charge < -0.3 is 15.0 Å². The molecule has 1 amide bonds. The van der Waals surface area contributed by atoms with Crippen molar-refractivity contribution in [3.05, 3.63) is 95.9 Å². The van der Waals surface area contributed by atoms with Crippen LogP contribution in [0.1, 0.15) is 22.8 Å². The highest BCUT2D eigenvalue weighted by Gasteiger charge is 2.11. The average molecular weight is 445 g/mol. The highest BCUT2D eigenvalue weighted by atomic mass is 19.1. The van der Waals surface area contributed by atoms with E-state index in [1.165, 1.54) is 12.1 Å². The summed E-state index contributed by atoms with van der Waals surface area (Å²) in [6, 6.07) is 20.9. The van der Waals surface area contributed by atoms with Crippen molar-refractivity contribution in [3.8, 4) is 5.75 Å². The second kappa shape index (κ2) is 10.5. The number of anilines is 1. The molecule has 33 heavy (non-hydrogen) atoms. The van der Waals surface area contributed by atoms with Crippen LogP contribution in [0.3, 0.4) is 0 Å². The van der Waals surface area contributed by atoms with Crippen LogP contribution < -0.4 is 15.4 Å². The number of nitrogens with zero attached hydrogens (tertiary/aromatic N) is 1. The molecule has 0 unspecified atom stereocenters. The number of nitrogens with one attached hydrogen (secondary N) is 3. The summed E-state index contributed by atoms with van der Waals surface area (Å²) in [4.78, 5) is 20.6. The maximum Gasteiger partial charge on any atom is 0.257 e. The Kier molecular flexibility index (Phi) is 6.99. The number of H-pyrrole nitrogens is 1. The van der Waals surface area contributed by atoms with Gasteiger partial charge >= 0.3 is 0 Å². The first kappa shape index (κ1) is 22.1. The number of ether oxygens (including phenoxy) is 1. The van der Waals surface area contributed by atoms with Gasteiger partial charge in [0.2, 0.25) is 5.96 Å². The molecule has 0 radical (unpaired) electrons. The number of halogens is 1. The molecule has 0 spiro atoms. The lowest BCUT2D eigenvalue weighted by Gasteiger charge is -2.12. The van der Waals surface area contributed by atoms with Crippen molar-refractivity contribution in [1.82, 2.24) is 10.3 Å². The Balaban J connectivity index is 1.50. The van der Waals surface area contributed by atoms with Crippen LogP contribution in [-0.4, -0.2) is 30.0 Å². The maximum atomic E-state index is 13.6. The van der Waals surface area contributed by atoms with E-state index < -0.39 is 0 Å². The third kappa shape index (κ3) is 5.77. The fourth-order valence-corrected chi connectivity index (χ4v) is 3.49. The highest BCUT2D eigenvalue weighted by Crippen LogP contribution is 2.18. The molecule has 0 fully saturated rings. The first-order chi connectivity index (χ1) is 16.1. The van der Waals surface area contributed by atoms with E-state index in [2.05, 4.69) is 26.7 Å². The quantitative estimate of drug-likeness (QED) is 0.273. The number of benzene rings is 3. The van der Waals surface area contributed by atoms with E-state index in [1.54, 1.807) is 36.4 Å². The molecule has 4 rings (SSSR count). The molecule has 0 saturated heterocycles. The number of para-hydroxylation sites is 1. The van der Waals surface area contributed by atoms with Crippen molar-refractivity contribution in [3.63, 3.8) is 0 Å². The van der Waals surface area contributed by atoms with E-state index in [1.807, 2.05) is 31.3 Å². The van der Waals surface area contributed by atoms with Gasteiger partial charge in [-0.2, -0.15) is 0 Å². The zero-order valence-corrected chi connectivity index (χ0v) is 18.3. The van der Waals surface area contributed by atoms with Gasteiger partial charge in [-0.15, -0.1) is 0 Å². The van der Waals surface area contributed by atoms with E-state index in [4.69, 9.17) is 4.74 Å². The fraction of sp³-hybridized carbons (Fsp3) is 0.154. The summed E-state index contributed by atoms with van der Waals surface area (Å²) in [5.41, 5.74) is 3.16. The SMILES string of the molecule is CCOc1ccc(C(=O)NC(=NCCc2c[nH]c3ccccc23)Nc2cccc(F)c2)cc1. The molecule has 3 aromatic carbocycles. The van der Waals surface area contributed by atoms with Gasteiger partial charge in [0.25, 0.3) is 5.91 Å². The van der Waals surface area contributed by atoms with Crippen LogP contribution in [0.25, 0.3) is 10.9 Å². The molecule has 0 bridgehead atoms. The molecule has 1 aromatic heterocycles. The lowest BCUT2D eigenvalue weighted by molar-refractivity contribution is 0.0977. The van der Waals surface area contributed by atoms with Crippen molar-refractivity contribution in [2.45, 2.75) is 13.3 Å². The molecule has 3 N–H and O–H groups in total. The summed E-state index contributed by atoms with van der Waals surface area (Å²) < 4.78 is 19.1. The zero-order chi connectivity index (χ0) is 23.0. The summed E-state index contributed by atoms with van der Waals surface area (Å²) in [7, 11) is 0. The van der Waals surface area contributed by atoms with E-state index in [0.717, 1.165) is 16.5 Å². The highest BCUT2D eigenvalue weighted by molar-refractivity contribution is 6.10. The largest absolute Gasteiger partial charge is 0.494 e. The maximum absolute atomic E-state index is 13.6. The van der Waals surface area contributed by atoms with Gasteiger partial charge in [-0.05, 0) is 67.4 Å². The number of fused-ring (bicyclic) bond motifs is 1. The van der Waals surface area contributed by atoms with E-state index >= 15 is 0 Å². The van der Waals surface area contributed by atoms with E-state index in [9.17, 15) is 9.18 Å². The average Bonchev–Trinajstić information content (AvgIpc) is 3.23. The standard InChI is InChI=1S/C26H25FN4O2/c1-2-33-22-12-10-18(11-13-22)25(32)31-26(30-21-7-5-6-20(27)16-21)28-15-14-19-17-29-24-9-4-3-8-23(19)24/h3-13,16-17,29H,2,14-15H2,1H3,(H2,28,30,31,32). The topological polar surface area (TPSA) is 78.5 Å². The molecule has 0 aliphatic heterocycles. The molecule has 4 aromatic rings. The molecular formula is C26H25FN4O2. The van der Waals surface area contributed by atoms with Crippen molar-refractivity contribution < 1.29 is 13.9 Å². The molecule has 0 atom stereocenters. The normalized spacial score (nSPS) is 11.4. The zero-order valence-electron chi connectivity index (χ0n) is 18.3. The predicted octanol–water partition coefficient (Wildman–Crippen LogP) is 5.15. The van der Waals surface area contributed by atoms with Crippen LogP contribution in [0.15, 0.2) is 84.0 Å². The predicted molar refractivity (Wildman–Crippen MR) is 129 cm³/mol. The number of rotatable bonds is 7. The van der Waals surface area contributed by atoms with Crippen molar-refractivity contribution in [1.29, 1.82) is 0 Å². The summed E-state index contributed by atoms with van der Waals surface area (Å²) in [6.45, 7) is 2.89. The number of aromatic nitrogens is 1. The van der Waals surface area contributed by atoms with Crippen LogP contribution in [0.2, 0.25) is 0 Å². The third-order valence-electron chi connectivity index (χ3n) is 5.07. The minimum Gasteiger partial charge on any atom is -0.494 e. The Hall–Kier alpha value is -4.13. The molecule has 6 nitrogen and oxygen atoms in total. The van der Waals surface area contributed by atoms with E-state index in [0.29, 0.717) is 36.6 Å². The minimum atomic E-state index is -0.379. The van der Waals surface area contributed by atoms with Gasteiger partial charge in [-0.25, -0.2) is 4.39 Å². The first-order valence-electron chi connectivity index (χ1n) is 10.8. The number of aromatic amines is 1. The van der Waals surface area contributed by atoms with Gasteiger partial charge in [0.15, 0.2) is 0 Å². The van der Waals surface area contributed by atoms with Gasteiger partial charge in [-0.3, -0.25) is 15.1 Å². The molecule has 0 aliphatic rings. The van der Waals surface area contributed by atoms with Gasteiger partial charge in [0.05, 0.1) is 6.61 Å². The number of hydrogen-bond acceptors (Lipinski definition) is 3. The van der Waals surface area contributed by atoms with Crippen LogP contribution >= 0.6 is 0 Å². The minimum absolute atomic E-state index is 0.249. The van der Waals surface area contributed by atoms with E-state index in [-0.39, 0.29) is 17.7 Å².